The van der Waals surface area contributed by atoms with Crippen molar-refractivity contribution in [2.75, 3.05) is 20.6 Å². The molecule has 0 fully saturated rings. The van der Waals surface area contributed by atoms with E-state index in [-0.39, 0.29) is 24.2 Å². The van der Waals surface area contributed by atoms with Crippen molar-refractivity contribution in [3.05, 3.63) is 39.9 Å². The third-order valence-electron chi connectivity index (χ3n) is 2.71. The van der Waals surface area contributed by atoms with Crippen molar-refractivity contribution in [3.8, 4) is 0 Å². The summed E-state index contributed by atoms with van der Waals surface area (Å²) < 4.78 is 0. The van der Waals surface area contributed by atoms with Gasteiger partial charge in [-0.2, -0.15) is 0 Å². The van der Waals surface area contributed by atoms with Crippen molar-refractivity contribution in [2.45, 2.75) is 12.5 Å². The molecule has 0 saturated heterocycles. The normalized spacial score (nSPS) is 17.6. The number of oxime groups is 1. The van der Waals surface area contributed by atoms with Crippen LogP contribution in [-0.4, -0.2) is 42.3 Å². The molecule has 6 nitrogen and oxygen atoms in total. The number of nitro groups is 1. The Labute approximate surface area is 117 Å². The quantitative estimate of drug-likeness (QED) is 0.627. The van der Waals surface area contributed by atoms with Crippen LogP contribution < -0.4 is 0 Å². The number of benzene rings is 1. The van der Waals surface area contributed by atoms with Gasteiger partial charge in [-0.05, 0) is 31.8 Å². The highest BCUT2D eigenvalue weighted by Gasteiger charge is 2.22. The van der Waals surface area contributed by atoms with Gasteiger partial charge in [-0.1, -0.05) is 5.16 Å². The molecule has 0 aromatic heterocycles. The first-order valence-corrected chi connectivity index (χ1v) is 5.68. The van der Waals surface area contributed by atoms with Gasteiger partial charge in [0.05, 0.1) is 10.6 Å². The molecule has 7 heteroatoms. The van der Waals surface area contributed by atoms with Crippen molar-refractivity contribution in [1.82, 2.24) is 4.90 Å². The molecule has 19 heavy (non-hydrogen) atoms. The summed E-state index contributed by atoms with van der Waals surface area (Å²) in [5.74, 6) is 0. The summed E-state index contributed by atoms with van der Waals surface area (Å²) in [5.41, 5.74) is 1.81. The molecule has 0 aliphatic carbocycles. The van der Waals surface area contributed by atoms with Crippen LogP contribution in [0.15, 0.2) is 29.4 Å². The van der Waals surface area contributed by atoms with E-state index in [4.69, 9.17) is 4.84 Å². The lowest BCUT2D eigenvalue weighted by Gasteiger charge is -2.13. The van der Waals surface area contributed by atoms with Gasteiger partial charge in [0.1, 0.15) is 6.10 Å². The first-order chi connectivity index (χ1) is 8.56. The summed E-state index contributed by atoms with van der Waals surface area (Å²) in [6.07, 6.45) is 0.792. The Kier molecular flexibility index (Phi) is 5.26. The lowest BCUT2D eigenvalue weighted by molar-refractivity contribution is -0.384. The fraction of sp³-hybridized carbons (Fsp3) is 0.417. The Balaban J connectivity index is 0.00000180. The molecule has 1 aromatic rings. The molecule has 1 aliphatic heterocycles. The lowest BCUT2D eigenvalue weighted by atomic mass is 10.0. The Morgan fingerprint density at radius 2 is 2.05 bits per heavy atom. The van der Waals surface area contributed by atoms with Crippen LogP contribution in [0, 0.1) is 10.1 Å². The molecule has 1 atom stereocenters. The van der Waals surface area contributed by atoms with E-state index in [0.717, 1.165) is 24.2 Å². The van der Waals surface area contributed by atoms with Crippen LogP contribution >= 0.6 is 12.4 Å². The number of likely N-dealkylation sites (N-methyl/N-ethyl adjacent to an activating group) is 1. The maximum Gasteiger partial charge on any atom is 0.269 e. The van der Waals surface area contributed by atoms with E-state index in [2.05, 4.69) is 5.16 Å². The topological polar surface area (TPSA) is 68.0 Å². The molecule has 104 valence electrons. The van der Waals surface area contributed by atoms with Crippen molar-refractivity contribution < 1.29 is 9.76 Å². The van der Waals surface area contributed by atoms with E-state index in [1.807, 2.05) is 19.0 Å². The van der Waals surface area contributed by atoms with Crippen LogP contribution in [-0.2, 0) is 4.84 Å². The molecule has 0 spiro atoms. The maximum atomic E-state index is 10.6. The largest absolute Gasteiger partial charge is 0.390 e. The zero-order valence-electron chi connectivity index (χ0n) is 10.8. The zero-order valence-corrected chi connectivity index (χ0v) is 11.6. The molecule has 0 amide bonds. The summed E-state index contributed by atoms with van der Waals surface area (Å²) in [6, 6.07) is 6.38. The second-order valence-corrected chi connectivity index (χ2v) is 4.54. The summed E-state index contributed by atoms with van der Waals surface area (Å²) in [5, 5.41) is 14.6. The third-order valence-corrected chi connectivity index (χ3v) is 2.71. The first-order valence-electron chi connectivity index (χ1n) is 5.68. The van der Waals surface area contributed by atoms with E-state index < -0.39 is 4.92 Å². The summed E-state index contributed by atoms with van der Waals surface area (Å²) in [7, 11) is 3.96. The molecule has 1 heterocycles. The number of nitro benzene ring substituents is 1. The Bertz CT molecular complexity index is 474. The molecule has 1 unspecified atom stereocenters. The summed E-state index contributed by atoms with van der Waals surface area (Å²) >= 11 is 0. The smallest absolute Gasteiger partial charge is 0.269 e. The van der Waals surface area contributed by atoms with Gasteiger partial charge in [0.15, 0.2) is 0 Å². The molecular weight excluding hydrogens is 270 g/mol. The van der Waals surface area contributed by atoms with Crippen LogP contribution in [0.5, 0.6) is 0 Å². The Morgan fingerprint density at radius 1 is 1.42 bits per heavy atom. The second kappa shape index (κ2) is 6.49. The van der Waals surface area contributed by atoms with Crippen LogP contribution in [0.2, 0.25) is 0 Å². The fourth-order valence-electron chi connectivity index (χ4n) is 1.88. The predicted molar refractivity (Wildman–Crippen MR) is 74.9 cm³/mol. The van der Waals surface area contributed by atoms with Gasteiger partial charge < -0.3 is 9.74 Å². The SMILES string of the molecule is CN(C)CC1CC(c2ccc([N+](=O)[O-])cc2)=NO1.Cl. The molecule has 1 aliphatic rings. The van der Waals surface area contributed by atoms with Crippen LogP contribution in [0.25, 0.3) is 0 Å². The van der Waals surface area contributed by atoms with Gasteiger partial charge in [-0.3, -0.25) is 10.1 Å². The van der Waals surface area contributed by atoms with E-state index >= 15 is 0 Å². The second-order valence-electron chi connectivity index (χ2n) is 4.54. The number of hydrogen-bond acceptors (Lipinski definition) is 5. The Morgan fingerprint density at radius 3 is 2.58 bits per heavy atom. The molecule has 0 N–H and O–H groups in total. The minimum Gasteiger partial charge on any atom is -0.390 e. The first kappa shape index (κ1) is 15.4. The van der Waals surface area contributed by atoms with Crippen LogP contribution in [0.1, 0.15) is 12.0 Å². The van der Waals surface area contributed by atoms with E-state index in [0.29, 0.717) is 0 Å². The lowest BCUT2D eigenvalue weighted by Crippen LogP contribution is -2.26. The van der Waals surface area contributed by atoms with Crippen molar-refractivity contribution in [1.29, 1.82) is 0 Å². The van der Waals surface area contributed by atoms with Gasteiger partial charge in [-0.25, -0.2) is 0 Å². The minimum atomic E-state index is -0.411. The average Bonchev–Trinajstić information content (AvgIpc) is 2.76. The number of halogens is 1. The summed E-state index contributed by atoms with van der Waals surface area (Å²) in [4.78, 5) is 17.5. The fourth-order valence-corrected chi connectivity index (χ4v) is 1.88. The van der Waals surface area contributed by atoms with E-state index in [9.17, 15) is 10.1 Å². The third kappa shape index (κ3) is 3.90. The van der Waals surface area contributed by atoms with Crippen molar-refractivity contribution >= 4 is 23.8 Å². The van der Waals surface area contributed by atoms with E-state index in [1.54, 1.807) is 12.1 Å². The van der Waals surface area contributed by atoms with Gasteiger partial charge in [0, 0.05) is 25.1 Å². The van der Waals surface area contributed by atoms with Gasteiger partial charge >= 0.3 is 0 Å². The average molecular weight is 286 g/mol. The Hall–Kier alpha value is -1.66. The molecule has 0 bridgehead atoms. The van der Waals surface area contributed by atoms with Crippen molar-refractivity contribution in [2.24, 2.45) is 5.16 Å². The monoisotopic (exact) mass is 285 g/mol. The number of rotatable bonds is 4. The van der Waals surface area contributed by atoms with Gasteiger partial charge in [-0.15, -0.1) is 12.4 Å². The summed E-state index contributed by atoms with van der Waals surface area (Å²) in [6.45, 7) is 0.806. The highest BCUT2D eigenvalue weighted by atomic mass is 35.5. The highest BCUT2D eigenvalue weighted by Crippen LogP contribution is 2.19. The molecule has 0 radical (unpaired) electrons. The highest BCUT2D eigenvalue weighted by molar-refractivity contribution is 6.01. The minimum absolute atomic E-state index is 0. The molecular formula is C12H16ClN3O3. The van der Waals surface area contributed by atoms with Gasteiger partial charge in [0.25, 0.3) is 5.69 Å². The number of hydrogen-bond donors (Lipinski definition) is 0. The molecule has 2 rings (SSSR count). The van der Waals surface area contributed by atoms with E-state index in [1.165, 1.54) is 12.1 Å². The standard InChI is InChI=1S/C12H15N3O3.ClH/c1-14(2)8-11-7-12(13-18-11)9-3-5-10(6-4-9)15(16)17;/h3-6,11H,7-8H2,1-2H3;1H. The van der Waals surface area contributed by atoms with Crippen LogP contribution in [0.4, 0.5) is 5.69 Å². The number of nitrogens with zero attached hydrogens (tertiary/aromatic N) is 3. The molecule has 0 saturated carbocycles. The predicted octanol–water partition coefficient (Wildman–Crippen LogP) is 2.07. The zero-order chi connectivity index (χ0) is 13.1. The molecule has 1 aromatic carbocycles. The number of non-ortho nitro benzene ring substituents is 1. The van der Waals surface area contributed by atoms with Gasteiger partial charge in [0.2, 0.25) is 0 Å². The van der Waals surface area contributed by atoms with Crippen LogP contribution in [0.3, 0.4) is 0 Å². The van der Waals surface area contributed by atoms with Crippen molar-refractivity contribution in [3.63, 3.8) is 0 Å². The maximum absolute atomic E-state index is 10.6.